The molecule has 0 aromatic heterocycles. The molecular formula is C8H7Na. The molecule has 40 valence electrons. The second kappa shape index (κ2) is 4.80. The van der Waals surface area contributed by atoms with Crippen LogP contribution in [0.25, 0.3) is 6.08 Å². The topological polar surface area (TPSA) is 0 Å². The molecule has 0 unspecified atom stereocenters. The van der Waals surface area contributed by atoms with Crippen LogP contribution >= 0.6 is 0 Å². The molecule has 0 saturated carbocycles. The van der Waals surface area contributed by atoms with Crippen LogP contribution in [0.3, 0.4) is 0 Å². The van der Waals surface area contributed by atoms with E-state index in [1.807, 2.05) is 24.3 Å². The van der Waals surface area contributed by atoms with E-state index in [2.05, 4.69) is 12.6 Å². The van der Waals surface area contributed by atoms with Gasteiger partial charge in [0.1, 0.15) is 0 Å². The van der Waals surface area contributed by atoms with Gasteiger partial charge >= 0.3 is 29.6 Å². The average molecular weight is 126 g/mol. The average Bonchev–Trinajstić information content (AvgIpc) is 1.90. The summed E-state index contributed by atoms with van der Waals surface area (Å²) in [7, 11) is 0. The fourth-order valence-corrected chi connectivity index (χ4v) is 0.534. The van der Waals surface area contributed by atoms with Crippen LogP contribution in [0.5, 0.6) is 0 Å². The molecule has 1 rings (SSSR count). The van der Waals surface area contributed by atoms with Gasteiger partial charge in [0, 0.05) is 0 Å². The Morgan fingerprint density at radius 2 is 2.33 bits per heavy atom. The molecule has 0 heterocycles. The van der Waals surface area contributed by atoms with Crippen LogP contribution < -0.4 is 29.6 Å². The predicted molar refractivity (Wildman–Crippen MR) is 35.4 cm³/mol. The molecule has 0 aliphatic rings. The van der Waals surface area contributed by atoms with Gasteiger partial charge in [-0.05, 0) is 0 Å². The van der Waals surface area contributed by atoms with Gasteiger partial charge in [0.05, 0.1) is 0 Å². The first-order valence-corrected chi connectivity index (χ1v) is 2.52. The zero-order chi connectivity index (χ0) is 5.82. The third-order valence-corrected chi connectivity index (χ3v) is 0.967. The molecule has 0 bridgehead atoms. The summed E-state index contributed by atoms with van der Waals surface area (Å²) in [5, 5.41) is 0. The van der Waals surface area contributed by atoms with Gasteiger partial charge in [-0.25, -0.2) is 0 Å². The van der Waals surface area contributed by atoms with Gasteiger partial charge in [-0.1, -0.05) is 0 Å². The summed E-state index contributed by atoms with van der Waals surface area (Å²) in [6, 6.07) is 10.6. The second-order valence-corrected chi connectivity index (χ2v) is 1.54. The first kappa shape index (κ1) is 8.96. The molecular weight excluding hydrogens is 119 g/mol. The van der Waals surface area contributed by atoms with Gasteiger partial charge in [-0.2, -0.15) is 30.3 Å². The van der Waals surface area contributed by atoms with Gasteiger partial charge in [-0.15, -0.1) is 18.2 Å². The molecule has 0 aliphatic heterocycles. The molecule has 1 aromatic rings. The van der Waals surface area contributed by atoms with Gasteiger partial charge in [-0.3, -0.25) is 0 Å². The SMILES string of the molecule is C=Cc1c[c-]ccc1.[Na+]. The van der Waals surface area contributed by atoms with E-state index in [9.17, 15) is 0 Å². The fourth-order valence-electron chi connectivity index (χ4n) is 0.534. The number of hydrogen-bond donors (Lipinski definition) is 0. The maximum atomic E-state index is 3.61. The molecule has 0 atom stereocenters. The Bertz CT molecular complexity index is 167. The van der Waals surface area contributed by atoms with Gasteiger partial charge in [0.15, 0.2) is 0 Å². The largest absolute Gasteiger partial charge is 1.00 e. The minimum absolute atomic E-state index is 0. The Hall–Kier alpha value is -0.0400. The summed E-state index contributed by atoms with van der Waals surface area (Å²) in [4.78, 5) is 0. The molecule has 9 heavy (non-hydrogen) atoms. The third kappa shape index (κ3) is 2.85. The Morgan fingerprint density at radius 1 is 1.56 bits per heavy atom. The van der Waals surface area contributed by atoms with E-state index in [1.54, 1.807) is 6.08 Å². The Kier molecular flexibility index (Phi) is 4.78. The monoisotopic (exact) mass is 126 g/mol. The molecule has 0 aliphatic carbocycles. The van der Waals surface area contributed by atoms with Gasteiger partial charge < -0.3 is 0 Å². The molecule has 1 heteroatoms. The maximum Gasteiger partial charge on any atom is 1.00 e. The minimum Gasteiger partial charge on any atom is -0.183 e. The van der Waals surface area contributed by atoms with Gasteiger partial charge in [0.25, 0.3) is 0 Å². The van der Waals surface area contributed by atoms with Crippen molar-refractivity contribution in [2.75, 3.05) is 0 Å². The van der Waals surface area contributed by atoms with Crippen LogP contribution in [0.4, 0.5) is 0 Å². The van der Waals surface area contributed by atoms with Crippen molar-refractivity contribution < 1.29 is 29.6 Å². The second-order valence-electron chi connectivity index (χ2n) is 1.54. The van der Waals surface area contributed by atoms with Crippen molar-refractivity contribution in [3.8, 4) is 0 Å². The Labute approximate surface area is 77.9 Å². The van der Waals surface area contributed by atoms with Crippen molar-refractivity contribution in [2.45, 2.75) is 0 Å². The fraction of sp³-hybridized carbons (Fsp3) is 0. The normalized spacial score (nSPS) is 7.56. The van der Waals surface area contributed by atoms with Crippen LogP contribution in [-0.4, -0.2) is 0 Å². The first-order valence-electron chi connectivity index (χ1n) is 2.52. The Morgan fingerprint density at radius 3 is 2.67 bits per heavy atom. The molecule has 1 aromatic carbocycles. The van der Waals surface area contributed by atoms with E-state index in [0.29, 0.717) is 0 Å². The van der Waals surface area contributed by atoms with E-state index >= 15 is 0 Å². The smallest absolute Gasteiger partial charge is 0.183 e. The van der Waals surface area contributed by atoms with E-state index in [1.165, 1.54) is 0 Å². The quantitative estimate of drug-likeness (QED) is 0.339. The summed E-state index contributed by atoms with van der Waals surface area (Å²) < 4.78 is 0. The van der Waals surface area contributed by atoms with Crippen molar-refractivity contribution >= 4 is 6.08 Å². The van der Waals surface area contributed by atoms with Gasteiger partial charge in [0.2, 0.25) is 0 Å². The minimum atomic E-state index is 0. The molecule has 0 N–H and O–H groups in total. The van der Waals surface area contributed by atoms with Crippen molar-refractivity contribution in [3.63, 3.8) is 0 Å². The summed E-state index contributed by atoms with van der Waals surface area (Å²) in [5.41, 5.74) is 1.12. The van der Waals surface area contributed by atoms with E-state index < -0.39 is 0 Å². The zero-order valence-electron chi connectivity index (χ0n) is 5.59. The van der Waals surface area contributed by atoms with Crippen LogP contribution in [0, 0.1) is 6.07 Å². The molecule has 0 spiro atoms. The Balaban J connectivity index is 0.000000640. The van der Waals surface area contributed by atoms with Crippen molar-refractivity contribution in [1.82, 2.24) is 0 Å². The van der Waals surface area contributed by atoms with Crippen LogP contribution in [0.15, 0.2) is 30.8 Å². The first-order chi connectivity index (χ1) is 3.93. The standard InChI is InChI=1S/C8H7.Na/c1-2-8-6-4-3-5-7-8;/h2-4,6-7H,1H2;/q-1;+1. The summed E-state index contributed by atoms with van der Waals surface area (Å²) in [6.07, 6.45) is 1.80. The van der Waals surface area contributed by atoms with E-state index in [0.717, 1.165) is 5.56 Å². The summed E-state index contributed by atoms with van der Waals surface area (Å²) >= 11 is 0. The molecule has 0 radical (unpaired) electrons. The van der Waals surface area contributed by atoms with Crippen molar-refractivity contribution in [2.24, 2.45) is 0 Å². The summed E-state index contributed by atoms with van der Waals surface area (Å²) in [5.74, 6) is 0. The number of benzene rings is 1. The maximum absolute atomic E-state index is 3.61. The zero-order valence-corrected chi connectivity index (χ0v) is 7.59. The van der Waals surface area contributed by atoms with Crippen LogP contribution in [0.1, 0.15) is 5.56 Å². The van der Waals surface area contributed by atoms with E-state index in [4.69, 9.17) is 0 Å². The molecule has 0 saturated heterocycles. The van der Waals surface area contributed by atoms with Crippen LogP contribution in [0.2, 0.25) is 0 Å². The third-order valence-electron chi connectivity index (χ3n) is 0.967. The van der Waals surface area contributed by atoms with Crippen LogP contribution in [-0.2, 0) is 0 Å². The van der Waals surface area contributed by atoms with E-state index in [-0.39, 0.29) is 29.6 Å². The predicted octanol–water partition coefficient (Wildman–Crippen LogP) is -0.866. The summed E-state index contributed by atoms with van der Waals surface area (Å²) in [6.45, 7) is 3.61. The number of hydrogen-bond acceptors (Lipinski definition) is 0. The molecule has 0 fully saturated rings. The van der Waals surface area contributed by atoms with Crippen molar-refractivity contribution in [3.05, 3.63) is 42.5 Å². The molecule has 0 nitrogen and oxygen atoms in total. The molecule has 0 amide bonds. The number of rotatable bonds is 1. The van der Waals surface area contributed by atoms with Crippen molar-refractivity contribution in [1.29, 1.82) is 0 Å².